The molecule has 0 unspecified atom stereocenters. The normalized spacial score (nSPS) is 12.2. The third-order valence-electron chi connectivity index (χ3n) is 4.69. The monoisotopic (exact) mass is 479 g/mol. The topological polar surface area (TPSA) is 85.8 Å². The number of amides is 1. The van der Waals surface area contributed by atoms with Crippen molar-refractivity contribution in [3.05, 3.63) is 83.7 Å². The number of hydrogen-bond acceptors (Lipinski definition) is 5. The molecule has 33 heavy (non-hydrogen) atoms. The summed E-state index contributed by atoms with van der Waals surface area (Å²) in [5.41, 5.74) is -0.233. The maximum atomic E-state index is 14.3. The van der Waals surface area contributed by atoms with Gasteiger partial charge in [0, 0.05) is 24.0 Å². The summed E-state index contributed by atoms with van der Waals surface area (Å²) in [6.45, 7) is 1.57. The highest BCUT2D eigenvalue weighted by atomic mass is 32.1. The van der Waals surface area contributed by atoms with Crippen molar-refractivity contribution in [1.29, 1.82) is 0 Å². The van der Waals surface area contributed by atoms with E-state index in [-0.39, 0.29) is 30.4 Å². The van der Waals surface area contributed by atoms with E-state index >= 15 is 0 Å². The van der Waals surface area contributed by atoms with E-state index in [4.69, 9.17) is 4.52 Å². The summed E-state index contributed by atoms with van der Waals surface area (Å²) in [4.78, 5) is 16.5. The highest BCUT2D eigenvalue weighted by molar-refractivity contribution is 7.59. The highest BCUT2D eigenvalue weighted by Gasteiger charge is 2.31. The molecule has 0 fully saturated rings. The molecule has 172 valence electrons. The summed E-state index contributed by atoms with van der Waals surface area (Å²) < 4.78 is 59.0. The van der Waals surface area contributed by atoms with Gasteiger partial charge in [-0.25, -0.2) is 4.39 Å². The van der Waals surface area contributed by atoms with Crippen LogP contribution in [-0.2, 0) is 6.18 Å². The number of pyridine rings is 1. The van der Waals surface area contributed by atoms with E-state index in [9.17, 15) is 22.4 Å². The van der Waals surface area contributed by atoms with Crippen LogP contribution >= 0.6 is 13.5 Å². The van der Waals surface area contributed by atoms with Crippen LogP contribution in [0.1, 0.15) is 34.6 Å². The Balaban J connectivity index is 0.00000306. The SMILES string of the molecule is C[C@@H](c1ccc(C(F)(F)F)cc1F)n1cc(NC(=O)c2cc(-c3ccccn3)on2)cn1.S. The molecule has 0 bridgehead atoms. The van der Waals surface area contributed by atoms with Crippen molar-refractivity contribution in [3.8, 4) is 11.5 Å². The fraction of sp³-hybridized carbons (Fsp3) is 0.143. The predicted molar refractivity (Wildman–Crippen MR) is 116 cm³/mol. The van der Waals surface area contributed by atoms with Crippen molar-refractivity contribution in [2.24, 2.45) is 0 Å². The zero-order chi connectivity index (χ0) is 22.9. The number of anilines is 1. The predicted octanol–water partition coefficient (Wildman–Crippen LogP) is 5.07. The minimum Gasteiger partial charge on any atom is -0.354 e. The standard InChI is InChI=1S/C21H15F4N5O2.H2S/c1-12(15-6-5-13(8-16(15)22)21(23,24)25)30-11-14(10-27-30)28-20(31)18-9-19(32-29-18)17-4-2-3-7-26-17;/h2-12H,1H3,(H,28,31);1H2/t12-;/m0./s1. The van der Waals surface area contributed by atoms with Crippen LogP contribution in [0.15, 0.2) is 65.6 Å². The van der Waals surface area contributed by atoms with Gasteiger partial charge in [-0.15, -0.1) is 0 Å². The Kier molecular flexibility index (Phi) is 6.86. The van der Waals surface area contributed by atoms with Crippen LogP contribution in [0.5, 0.6) is 0 Å². The number of rotatable bonds is 5. The molecular weight excluding hydrogens is 462 g/mol. The van der Waals surface area contributed by atoms with E-state index in [1.165, 1.54) is 23.1 Å². The van der Waals surface area contributed by atoms with Gasteiger partial charge < -0.3 is 9.84 Å². The molecule has 0 saturated heterocycles. The molecule has 0 spiro atoms. The minimum absolute atomic E-state index is 0. The minimum atomic E-state index is -4.64. The first-order valence-corrected chi connectivity index (χ1v) is 9.32. The Bertz CT molecular complexity index is 1260. The molecule has 12 heteroatoms. The van der Waals surface area contributed by atoms with Gasteiger partial charge in [-0.1, -0.05) is 17.3 Å². The van der Waals surface area contributed by atoms with Crippen LogP contribution in [0.2, 0.25) is 0 Å². The maximum Gasteiger partial charge on any atom is 0.416 e. The van der Waals surface area contributed by atoms with Gasteiger partial charge in [0.15, 0.2) is 11.5 Å². The fourth-order valence-electron chi connectivity index (χ4n) is 3.01. The second-order valence-corrected chi connectivity index (χ2v) is 6.86. The molecule has 1 aromatic carbocycles. The third kappa shape index (κ3) is 5.22. The molecule has 0 aliphatic heterocycles. The molecule has 3 heterocycles. The first-order valence-electron chi connectivity index (χ1n) is 9.32. The quantitative estimate of drug-likeness (QED) is 0.404. The van der Waals surface area contributed by atoms with Crippen molar-refractivity contribution in [1.82, 2.24) is 19.9 Å². The van der Waals surface area contributed by atoms with Gasteiger partial charge in [-0.3, -0.25) is 14.5 Å². The van der Waals surface area contributed by atoms with E-state index < -0.39 is 29.5 Å². The molecule has 3 aromatic heterocycles. The lowest BCUT2D eigenvalue weighted by Gasteiger charge is -2.15. The zero-order valence-corrected chi connectivity index (χ0v) is 18.0. The van der Waals surface area contributed by atoms with Crippen LogP contribution in [0.25, 0.3) is 11.5 Å². The van der Waals surface area contributed by atoms with Gasteiger partial charge in [0.1, 0.15) is 11.5 Å². The molecule has 0 aliphatic rings. The number of alkyl halides is 3. The lowest BCUT2D eigenvalue weighted by Crippen LogP contribution is -2.13. The van der Waals surface area contributed by atoms with Crippen molar-refractivity contribution >= 4 is 25.1 Å². The van der Waals surface area contributed by atoms with Crippen molar-refractivity contribution in [3.63, 3.8) is 0 Å². The molecule has 4 rings (SSSR count). The smallest absolute Gasteiger partial charge is 0.354 e. The largest absolute Gasteiger partial charge is 0.416 e. The summed E-state index contributed by atoms with van der Waals surface area (Å²) in [5, 5.41) is 10.4. The summed E-state index contributed by atoms with van der Waals surface area (Å²) >= 11 is 0. The summed E-state index contributed by atoms with van der Waals surface area (Å²) in [6, 6.07) is 8.24. The fourth-order valence-corrected chi connectivity index (χ4v) is 3.01. The Morgan fingerprint density at radius 3 is 2.64 bits per heavy atom. The average Bonchev–Trinajstić information content (AvgIpc) is 3.43. The number of carbonyl (C=O) groups is 1. The van der Waals surface area contributed by atoms with E-state index in [1.54, 1.807) is 31.3 Å². The van der Waals surface area contributed by atoms with Crippen molar-refractivity contribution in [2.75, 3.05) is 5.32 Å². The lowest BCUT2D eigenvalue weighted by molar-refractivity contribution is -0.137. The summed E-state index contributed by atoms with van der Waals surface area (Å²) in [7, 11) is 0. The lowest BCUT2D eigenvalue weighted by atomic mass is 10.1. The molecule has 1 amide bonds. The number of aromatic nitrogens is 4. The number of carbonyl (C=O) groups excluding carboxylic acids is 1. The molecule has 7 nitrogen and oxygen atoms in total. The number of halogens is 4. The Labute approximate surface area is 191 Å². The van der Waals surface area contributed by atoms with Crippen LogP contribution < -0.4 is 5.32 Å². The van der Waals surface area contributed by atoms with E-state index in [0.717, 1.165) is 12.1 Å². The first kappa shape index (κ1) is 24.0. The van der Waals surface area contributed by atoms with Gasteiger partial charge >= 0.3 is 6.18 Å². The Hall–Kier alpha value is -3.67. The Morgan fingerprint density at radius 2 is 1.97 bits per heavy atom. The van der Waals surface area contributed by atoms with E-state index in [2.05, 4.69) is 20.6 Å². The van der Waals surface area contributed by atoms with Gasteiger partial charge in [0.25, 0.3) is 5.91 Å². The average molecular weight is 479 g/mol. The van der Waals surface area contributed by atoms with Gasteiger partial charge in [-0.05, 0) is 31.2 Å². The van der Waals surface area contributed by atoms with Crippen LogP contribution in [0.3, 0.4) is 0 Å². The van der Waals surface area contributed by atoms with Gasteiger partial charge in [0.2, 0.25) is 0 Å². The molecule has 0 saturated carbocycles. The van der Waals surface area contributed by atoms with Crippen LogP contribution in [0, 0.1) is 5.82 Å². The van der Waals surface area contributed by atoms with Crippen LogP contribution in [0.4, 0.5) is 23.2 Å². The number of nitrogens with zero attached hydrogens (tertiary/aromatic N) is 4. The third-order valence-corrected chi connectivity index (χ3v) is 4.69. The molecule has 1 atom stereocenters. The number of benzene rings is 1. The molecule has 1 N–H and O–H groups in total. The Morgan fingerprint density at radius 1 is 1.18 bits per heavy atom. The molecule has 0 aliphatic carbocycles. The molecule has 0 radical (unpaired) electrons. The summed E-state index contributed by atoms with van der Waals surface area (Å²) in [6.07, 6.45) is -0.300. The number of hydrogen-bond donors (Lipinski definition) is 1. The van der Waals surface area contributed by atoms with Gasteiger partial charge in [0.05, 0.1) is 23.5 Å². The number of nitrogens with one attached hydrogen (secondary N) is 1. The van der Waals surface area contributed by atoms with Crippen LogP contribution in [-0.4, -0.2) is 25.8 Å². The first-order chi connectivity index (χ1) is 15.2. The van der Waals surface area contributed by atoms with Crippen molar-refractivity contribution < 1.29 is 26.9 Å². The molecule has 4 aromatic rings. The second-order valence-electron chi connectivity index (χ2n) is 6.86. The van der Waals surface area contributed by atoms with E-state index in [1.807, 2.05) is 0 Å². The summed E-state index contributed by atoms with van der Waals surface area (Å²) in [5.74, 6) is -1.25. The highest BCUT2D eigenvalue weighted by Crippen LogP contribution is 2.32. The zero-order valence-electron chi connectivity index (χ0n) is 17.0. The molecular formula is C21H17F4N5O2S. The van der Waals surface area contributed by atoms with Crippen molar-refractivity contribution in [2.45, 2.75) is 19.1 Å². The maximum absolute atomic E-state index is 14.3. The second kappa shape index (κ2) is 9.45. The van der Waals surface area contributed by atoms with E-state index in [0.29, 0.717) is 17.5 Å². The van der Waals surface area contributed by atoms with Gasteiger partial charge in [-0.2, -0.15) is 31.8 Å².